The number of hydrogen-bond acceptors (Lipinski definition) is 3. The van der Waals surface area contributed by atoms with Crippen molar-refractivity contribution in [2.45, 2.75) is 38.8 Å². The Bertz CT molecular complexity index is 434. The van der Waals surface area contributed by atoms with Crippen molar-refractivity contribution in [3.8, 4) is 0 Å². The summed E-state index contributed by atoms with van der Waals surface area (Å²) in [6.45, 7) is 6.84. The topological polar surface area (TPSA) is 72.3 Å². The van der Waals surface area contributed by atoms with Gasteiger partial charge in [-0.05, 0) is 12.8 Å². The molecule has 2 N–H and O–H groups in total. The normalized spacial score (nSPS) is 16.4. The number of halogens is 1. The number of likely N-dealkylation sites (tertiary alicyclic amines) is 1. The molecule has 6 nitrogen and oxygen atoms in total. The van der Waals surface area contributed by atoms with Crippen LogP contribution in [-0.2, 0) is 13.1 Å². The summed E-state index contributed by atoms with van der Waals surface area (Å²) in [7, 11) is 0. The van der Waals surface area contributed by atoms with Gasteiger partial charge in [0, 0.05) is 13.1 Å². The molecule has 20 heavy (non-hydrogen) atoms. The lowest BCUT2D eigenvalue weighted by molar-refractivity contribution is 0.428. The van der Waals surface area contributed by atoms with E-state index in [1.807, 2.05) is 6.20 Å². The fourth-order valence-electron chi connectivity index (χ4n) is 2.19. The van der Waals surface area contributed by atoms with Crippen LogP contribution in [-0.4, -0.2) is 38.9 Å². The van der Waals surface area contributed by atoms with Crippen molar-refractivity contribution in [3.63, 3.8) is 0 Å². The highest BCUT2D eigenvalue weighted by molar-refractivity contribution is 14.0. The first-order valence-electron chi connectivity index (χ1n) is 6.84. The second-order valence-corrected chi connectivity index (χ2v) is 4.80. The van der Waals surface area contributed by atoms with Gasteiger partial charge in [-0.2, -0.15) is 0 Å². The second-order valence-electron chi connectivity index (χ2n) is 4.80. The van der Waals surface area contributed by atoms with E-state index in [1.165, 1.54) is 25.7 Å². The monoisotopic (exact) mass is 390 g/mol. The van der Waals surface area contributed by atoms with Gasteiger partial charge in [0.2, 0.25) is 0 Å². The van der Waals surface area contributed by atoms with Crippen molar-refractivity contribution in [1.29, 1.82) is 0 Å². The van der Waals surface area contributed by atoms with E-state index in [-0.39, 0.29) is 24.0 Å². The molecule has 1 aliphatic heterocycles. The van der Waals surface area contributed by atoms with Crippen LogP contribution in [0.5, 0.6) is 0 Å². The zero-order valence-electron chi connectivity index (χ0n) is 11.7. The third-order valence-electron chi connectivity index (χ3n) is 3.24. The highest BCUT2D eigenvalue weighted by atomic mass is 127. The van der Waals surface area contributed by atoms with Crippen molar-refractivity contribution >= 4 is 29.9 Å². The summed E-state index contributed by atoms with van der Waals surface area (Å²) in [5.74, 6) is 0.625. The molecule has 0 spiro atoms. The average Bonchev–Trinajstić information content (AvgIpc) is 2.69. The first-order chi connectivity index (χ1) is 9.29. The van der Waals surface area contributed by atoms with Crippen LogP contribution in [0.3, 0.4) is 0 Å². The molecule has 2 heterocycles. The van der Waals surface area contributed by atoms with E-state index in [2.05, 4.69) is 26.8 Å². The van der Waals surface area contributed by atoms with Gasteiger partial charge >= 0.3 is 0 Å². The van der Waals surface area contributed by atoms with Crippen LogP contribution in [0.4, 0.5) is 0 Å². The Balaban J connectivity index is 0.00000200. The van der Waals surface area contributed by atoms with E-state index in [0.717, 1.165) is 18.8 Å². The van der Waals surface area contributed by atoms with Gasteiger partial charge in [-0.3, -0.25) is 0 Å². The molecule has 0 aromatic carbocycles. The Morgan fingerprint density at radius 3 is 2.70 bits per heavy atom. The first-order valence-corrected chi connectivity index (χ1v) is 6.84. The lowest BCUT2D eigenvalue weighted by Gasteiger charge is -2.20. The molecule has 7 heteroatoms. The minimum atomic E-state index is 0. The second kappa shape index (κ2) is 8.93. The number of guanidine groups is 1. The maximum absolute atomic E-state index is 6.04. The molecule has 112 valence electrons. The van der Waals surface area contributed by atoms with Crippen molar-refractivity contribution < 1.29 is 0 Å². The summed E-state index contributed by atoms with van der Waals surface area (Å²) in [6.07, 6.45) is 8.64. The SMILES string of the molecule is C=CCn1cc(CN=C(N)N2CCCCCC2)nn1.I. The number of hydrogen-bond donors (Lipinski definition) is 1. The summed E-state index contributed by atoms with van der Waals surface area (Å²) < 4.78 is 1.74. The number of nitrogens with zero attached hydrogens (tertiary/aromatic N) is 5. The van der Waals surface area contributed by atoms with Crippen LogP contribution in [0, 0.1) is 0 Å². The molecule has 0 unspecified atom stereocenters. The summed E-state index contributed by atoms with van der Waals surface area (Å²) in [6, 6.07) is 0. The zero-order chi connectivity index (χ0) is 13.5. The molecule has 0 bridgehead atoms. The molecule has 1 fully saturated rings. The largest absolute Gasteiger partial charge is 0.370 e. The Morgan fingerprint density at radius 2 is 2.05 bits per heavy atom. The molecule has 0 amide bonds. The molecular weight excluding hydrogens is 367 g/mol. The predicted octanol–water partition coefficient (Wildman–Crippen LogP) is 1.77. The van der Waals surface area contributed by atoms with Crippen LogP contribution < -0.4 is 5.73 Å². The quantitative estimate of drug-likeness (QED) is 0.368. The van der Waals surface area contributed by atoms with E-state index in [9.17, 15) is 0 Å². The first kappa shape index (κ1) is 16.9. The lowest BCUT2D eigenvalue weighted by atomic mass is 10.2. The molecule has 0 aliphatic carbocycles. The molecule has 1 aliphatic rings. The van der Waals surface area contributed by atoms with E-state index >= 15 is 0 Å². The number of rotatable bonds is 4. The zero-order valence-corrected chi connectivity index (χ0v) is 14.1. The lowest BCUT2D eigenvalue weighted by Crippen LogP contribution is -2.38. The van der Waals surface area contributed by atoms with Crippen LogP contribution in [0.2, 0.25) is 0 Å². The maximum Gasteiger partial charge on any atom is 0.191 e. The van der Waals surface area contributed by atoms with E-state index in [4.69, 9.17) is 5.73 Å². The Morgan fingerprint density at radius 1 is 1.35 bits per heavy atom. The fourth-order valence-corrected chi connectivity index (χ4v) is 2.19. The predicted molar refractivity (Wildman–Crippen MR) is 91.0 cm³/mol. The van der Waals surface area contributed by atoms with E-state index < -0.39 is 0 Å². The Kier molecular flexibility index (Phi) is 7.56. The molecule has 0 radical (unpaired) electrons. The van der Waals surface area contributed by atoms with Crippen molar-refractivity contribution in [2.75, 3.05) is 13.1 Å². The third kappa shape index (κ3) is 5.10. The van der Waals surface area contributed by atoms with E-state index in [1.54, 1.807) is 10.8 Å². The van der Waals surface area contributed by atoms with Gasteiger partial charge in [-0.15, -0.1) is 35.7 Å². The summed E-state index contributed by atoms with van der Waals surface area (Å²) >= 11 is 0. The van der Waals surface area contributed by atoms with Gasteiger partial charge in [0.05, 0.1) is 19.3 Å². The minimum Gasteiger partial charge on any atom is -0.370 e. The third-order valence-corrected chi connectivity index (χ3v) is 3.24. The smallest absolute Gasteiger partial charge is 0.191 e. The van der Waals surface area contributed by atoms with E-state index in [0.29, 0.717) is 19.0 Å². The van der Waals surface area contributed by atoms with Crippen LogP contribution >= 0.6 is 24.0 Å². The van der Waals surface area contributed by atoms with Crippen molar-refractivity contribution in [3.05, 3.63) is 24.5 Å². The fraction of sp³-hybridized carbons (Fsp3) is 0.615. The van der Waals surface area contributed by atoms with Gasteiger partial charge in [0.1, 0.15) is 5.69 Å². The minimum absolute atomic E-state index is 0. The van der Waals surface area contributed by atoms with Crippen LogP contribution in [0.1, 0.15) is 31.4 Å². The summed E-state index contributed by atoms with van der Waals surface area (Å²) in [5.41, 5.74) is 6.87. The number of nitrogens with two attached hydrogens (primary N) is 1. The molecule has 0 atom stereocenters. The number of aromatic nitrogens is 3. The maximum atomic E-state index is 6.04. The van der Waals surface area contributed by atoms with Crippen molar-refractivity contribution in [2.24, 2.45) is 10.7 Å². The Hall–Kier alpha value is -1.12. The molecule has 2 rings (SSSR count). The Labute approximate surface area is 137 Å². The van der Waals surface area contributed by atoms with Crippen LogP contribution in [0.15, 0.2) is 23.8 Å². The molecule has 0 saturated carbocycles. The molecule has 1 saturated heterocycles. The van der Waals surface area contributed by atoms with Gasteiger partial charge < -0.3 is 10.6 Å². The highest BCUT2D eigenvalue weighted by Gasteiger charge is 2.10. The molecular formula is C13H23IN6. The summed E-state index contributed by atoms with van der Waals surface area (Å²) in [4.78, 5) is 6.58. The van der Waals surface area contributed by atoms with Gasteiger partial charge in [0.25, 0.3) is 0 Å². The average molecular weight is 390 g/mol. The van der Waals surface area contributed by atoms with Crippen molar-refractivity contribution in [1.82, 2.24) is 19.9 Å². The summed E-state index contributed by atoms with van der Waals surface area (Å²) in [5, 5.41) is 8.04. The van der Waals surface area contributed by atoms with Gasteiger partial charge in [-0.1, -0.05) is 24.1 Å². The number of allylic oxidation sites excluding steroid dienone is 1. The van der Waals surface area contributed by atoms with Crippen LogP contribution in [0.25, 0.3) is 0 Å². The standard InChI is InChI=1S/C13H22N6.HI/c1-2-7-19-11-12(16-17-19)10-15-13(14)18-8-5-3-4-6-9-18;/h2,11H,1,3-10H2,(H2,14,15);1H. The van der Waals surface area contributed by atoms with Gasteiger partial charge in [0.15, 0.2) is 5.96 Å². The number of aliphatic imine (C=N–C) groups is 1. The highest BCUT2D eigenvalue weighted by Crippen LogP contribution is 2.09. The van der Waals surface area contributed by atoms with Gasteiger partial charge in [-0.25, -0.2) is 9.67 Å². The molecule has 1 aromatic rings. The molecule has 1 aromatic heterocycles.